The Balaban J connectivity index is 1.56. The number of nitrogens with one attached hydrogen (secondary N) is 2. The highest BCUT2D eigenvalue weighted by Crippen LogP contribution is 2.48. The minimum absolute atomic E-state index is 0.00451. The van der Waals surface area contributed by atoms with Gasteiger partial charge in [-0.3, -0.25) is 18.7 Å². The molecule has 3 N–H and O–H groups in total. The van der Waals surface area contributed by atoms with E-state index in [1.165, 1.54) is 34.3 Å². The van der Waals surface area contributed by atoms with E-state index in [2.05, 4.69) is 24.5 Å². The molecule has 0 aromatic heterocycles. The summed E-state index contributed by atoms with van der Waals surface area (Å²) >= 11 is 0. The molecule has 18 heteroatoms. The standard InChI is InChI=1S/C36H68N2O14P2/c1-20-21(2)30(15-46-53(11,42)48-17-32-24(5)26(7)35(37-27(8)40)33(52-32)14-45-19-44-10)51-31(22(20)3)16-47-54(12,43)49-18-34-36(38-28(9)41)25(6)23(4)29(13-39)50-34/h20-26,29-36,39H,13-19H2,1-12H3,(H,37,40)(H,38,41)/t20?,21?,22?,23?,24?,25?,26?,29-,30+,31-,32-,33+,34+,35?,36?,53?,54?/m1/s1. The maximum Gasteiger partial charge on any atom is 0.327 e. The normalized spacial score (nSPS) is 39.6. The maximum atomic E-state index is 13.6. The van der Waals surface area contributed by atoms with Crippen molar-refractivity contribution in [3.63, 3.8) is 0 Å². The lowest BCUT2D eigenvalue weighted by molar-refractivity contribution is -0.170. The third-order valence-electron chi connectivity index (χ3n) is 11.9. The Morgan fingerprint density at radius 3 is 1.28 bits per heavy atom. The molecule has 316 valence electrons. The second kappa shape index (κ2) is 21.1. The van der Waals surface area contributed by atoms with Crippen molar-refractivity contribution in [1.29, 1.82) is 0 Å². The largest absolute Gasteiger partial charge is 0.394 e. The van der Waals surface area contributed by atoms with Crippen LogP contribution in [0.1, 0.15) is 62.3 Å². The quantitative estimate of drug-likeness (QED) is 0.0959. The zero-order valence-electron chi connectivity index (χ0n) is 34.3. The molecule has 17 atom stereocenters. The van der Waals surface area contributed by atoms with Gasteiger partial charge < -0.3 is 57.5 Å². The molecule has 3 heterocycles. The van der Waals surface area contributed by atoms with Gasteiger partial charge in [0.15, 0.2) is 0 Å². The molecule has 54 heavy (non-hydrogen) atoms. The summed E-state index contributed by atoms with van der Waals surface area (Å²) in [6.45, 7) is 19.9. The Kier molecular flexibility index (Phi) is 18.5. The summed E-state index contributed by atoms with van der Waals surface area (Å²) in [6.07, 6.45) is -2.88. The van der Waals surface area contributed by atoms with E-state index in [4.69, 9.17) is 41.8 Å². The Morgan fingerprint density at radius 2 is 0.889 bits per heavy atom. The first-order chi connectivity index (χ1) is 25.2. The van der Waals surface area contributed by atoms with Crippen LogP contribution in [0.25, 0.3) is 0 Å². The van der Waals surface area contributed by atoms with Crippen molar-refractivity contribution in [2.75, 3.05) is 66.9 Å². The van der Waals surface area contributed by atoms with Crippen molar-refractivity contribution in [2.45, 2.75) is 111 Å². The summed E-state index contributed by atoms with van der Waals surface area (Å²) in [7, 11) is -5.64. The average Bonchev–Trinajstić information content (AvgIpc) is 3.10. The van der Waals surface area contributed by atoms with Gasteiger partial charge in [-0.05, 0) is 41.4 Å². The molecule has 3 rings (SSSR count). The summed E-state index contributed by atoms with van der Waals surface area (Å²) in [5, 5.41) is 15.8. The van der Waals surface area contributed by atoms with Gasteiger partial charge in [-0.15, -0.1) is 0 Å². The van der Waals surface area contributed by atoms with Crippen molar-refractivity contribution >= 4 is 27.0 Å². The van der Waals surface area contributed by atoms with E-state index in [-0.39, 0.29) is 106 Å². The fourth-order valence-electron chi connectivity index (χ4n) is 7.65. The summed E-state index contributed by atoms with van der Waals surface area (Å²) in [6, 6.07) is -0.679. The second-order valence-electron chi connectivity index (χ2n) is 15.8. The SMILES string of the molecule is COCOC[C@@H]1O[C@H](COP(C)(=O)OC[C@@H]2O[C@H](COP(C)(=O)OC[C@@H]3O[C@H](CO)C(C)C(C)C3NC(C)=O)C(C)C(C)C2C)C(C)C(C)C1NC(C)=O. The fraction of sp³-hybridized carbons (Fsp3) is 0.944. The lowest BCUT2D eigenvalue weighted by Crippen LogP contribution is -2.58. The lowest BCUT2D eigenvalue weighted by atomic mass is 9.77. The summed E-state index contributed by atoms with van der Waals surface area (Å²) in [5.41, 5.74) is 0. The number of hydrogen-bond acceptors (Lipinski definition) is 14. The fourth-order valence-corrected chi connectivity index (χ4v) is 9.47. The van der Waals surface area contributed by atoms with Gasteiger partial charge in [0.25, 0.3) is 0 Å². The lowest BCUT2D eigenvalue weighted by Gasteiger charge is -2.45. The number of ether oxygens (including phenoxy) is 5. The van der Waals surface area contributed by atoms with Crippen LogP contribution in [0.4, 0.5) is 0 Å². The molecule has 2 amide bonds. The van der Waals surface area contributed by atoms with E-state index in [1.54, 1.807) is 0 Å². The number of aliphatic hydroxyl groups excluding tert-OH is 1. The maximum absolute atomic E-state index is 13.6. The van der Waals surface area contributed by atoms with Crippen LogP contribution >= 0.6 is 15.2 Å². The number of amides is 2. The highest BCUT2D eigenvalue weighted by molar-refractivity contribution is 7.53. The summed E-state index contributed by atoms with van der Waals surface area (Å²) < 4.78 is 79.9. The van der Waals surface area contributed by atoms with Crippen LogP contribution in [0, 0.1) is 41.4 Å². The molecule has 11 unspecified atom stereocenters. The summed E-state index contributed by atoms with van der Waals surface area (Å²) in [5.74, 6) is -0.218. The van der Waals surface area contributed by atoms with Gasteiger partial charge in [-0.2, -0.15) is 0 Å². The molecule has 0 aliphatic carbocycles. The van der Waals surface area contributed by atoms with Crippen LogP contribution in [0.5, 0.6) is 0 Å². The van der Waals surface area contributed by atoms with Crippen molar-refractivity contribution in [3.8, 4) is 0 Å². The van der Waals surface area contributed by atoms with Crippen LogP contribution in [0.2, 0.25) is 0 Å². The number of methoxy groups -OCH3 is 1. The number of rotatable bonds is 19. The van der Waals surface area contributed by atoms with Gasteiger partial charge in [0, 0.05) is 34.3 Å². The minimum atomic E-state index is -3.61. The Labute approximate surface area is 322 Å². The van der Waals surface area contributed by atoms with Gasteiger partial charge in [0.1, 0.15) is 19.0 Å². The second-order valence-corrected chi connectivity index (χ2v) is 19.9. The molecule has 3 aliphatic heterocycles. The van der Waals surface area contributed by atoms with Gasteiger partial charge >= 0.3 is 15.2 Å². The minimum Gasteiger partial charge on any atom is -0.394 e. The van der Waals surface area contributed by atoms with E-state index in [0.717, 1.165) is 0 Å². The smallest absolute Gasteiger partial charge is 0.327 e. The molecular formula is C36H68N2O14P2. The number of hydrogen-bond donors (Lipinski definition) is 3. The molecule has 3 aliphatic rings. The predicted molar refractivity (Wildman–Crippen MR) is 201 cm³/mol. The van der Waals surface area contributed by atoms with Gasteiger partial charge in [-0.25, -0.2) is 0 Å². The first-order valence-electron chi connectivity index (χ1n) is 19.1. The molecule has 0 spiro atoms. The molecule has 0 bridgehead atoms. The number of carbonyl (C=O) groups is 2. The van der Waals surface area contributed by atoms with E-state index >= 15 is 0 Å². The third kappa shape index (κ3) is 13.3. The Bertz CT molecular complexity index is 1300. The number of aliphatic hydroxyl groups is 1. The molecule has 3 saturated heterocycles. The van der Waals surface area contributed by atoms with E-state index in [9.17, 15) is 23.8 Å². The van der Waals surface area contributed by atoms with Crippen LogP contribution in [-0.2, 0) is 60.5 Å². The first-order valence-corrected chi connectivity index (χ1v) is 23.1. The molecule has 16 nitrogen and oxygen atoms in total. The Morgan fingerprint density at radius 1 is 0.556 bits per heavy atom. The van der Waals surface area contributed by atoms with Crippen molar-refractivity contribution in [2.24, 2.45) is 41.4 Å². The Hall–Kier alpha value is -1.00. The molecule has 0 saturated carbocycles. The van der Waals surface area contributed by atoms with Crippen LogP contribution in [0.15, 0.2) is 0 Å². The molecule has 0 aromatic carbocycles. The zero-order chi connectivity index (χ0) is 40.5. The zero-order valence-corrected chi connectivity index (χ0v) is 36.0. The van der Waals surface area contributed by atoms with Gasteiger partial charge in [0.2, 0.25) is 11.8 Å². The van der Waals surface area contributed by atoms with Crippen LogP contribution in [-0.4, -0.2) is 133 Å². The monoisotopic (exact) mass is 814 g/mol. The first kappa shape index (κ1) is 47.4. The molecule has 0 aromatic rings. The number of carbonyl (C=O) groups excluding carboxylic acids is 2. The van der Waals surface area contributed by atoms with Gasteiger partial charge in [0.05, 0.1) is 76.1 Å². The van der Waals surface area contributed by atoms with E-state index < -0.39 is 57.9 Å². The molecule has 0 radical (unpaired) electrons. The highest BCUT2D eigenvalue weighted by atomic mass is 31.2. The third-order valence-corrected chi connectivity index (χ3v) is 14.4. The van der Waals surface area contributed by atoms with Crippen molar-refractivity contribution in [1.82, 2.24) is 10.6 Å². The molecule has 3 fully saturated rings. The average molecular weight is 815 g/mol. The van der Waals surface area contributed by atoms with Crippen molar-refractivity contribution < 1.29 is 65.6 Å². The van der Waals surface area contributed by atoms with Crippen molar-refractivity contribution in [3.05, 3.63) is 0 Å². The van der Waals surface area contributed by atoms with E-state index in [1.807, 2.05) is 34.6 Å². The molecular weight excluding hydrogens is 746 g/mol. The van der Waals surface area contributed by atoms with Crippen LogP contribution in [0.3, 0.4) is 0 Å². The van der Waals surface area contributed by atoms with Gasteiger partial charge in [-0.1, -0.05) is 48.5 Å². The van der Waals surface area contributed by atoms with Crippen LogP contribution < -0.4 is 10.6 Å². The predicted octanol–water partition coefficient (Wildman–Crippen LogP) is 4.08. The highest BCUT2D eigenvalue weighted by Gasteiger charge is 2.45. The topological polar surface area (TPSA) is 196 Å². The summed E-state index contributed by atoms with van der Waals surface area (Å²) in [4.78, 5) is 23.9. The van der Waals surface area contributed by atoms with E-state index in [0.29, 0.717) is 0 Å².